The van der Waals surface area contributed by atoms with Crippen LogP contribution in [0.15, 0.2) is 46.9 Å². The van der Waals surface area contributed by atoms with Crippen molar-refractivity contribution in [3.8, 4) is 5.75 Å². The van der Waals surface area contributed by atoms with Gasteiger partial charge in [-0.3, -0.25) is 10.1 Å². The van der Waals surface area contributed by atoms with Crippen LogP contribution in [0.25, 0.3) is 0 Å². The van der Waals surface area contributed by atoms with E-state index in [1.165, 1.54) is 6.07 Å². The average molecular weight is 351 g/mol. The molecule has 5 nitrogen and oxygen atoms in total. The molecule has 0 saturated carbocycles. The molecule has 2 aromatic carbocycles. The maximum Gasteiger partial charge on any atom is 0.292 e. The molecule has 0 fully saturated rings. The number of phenols is 1. The molecule has 0 aliphatic carbocycles. The predicted octanol–water partition coefficient (Wildman–Crippen LogP) is 4.63. The van der Waals surface area contributed by atoms with Crippen molar-refractivity contribution >= 4 is 27.3 Å². The number of rotatable bonds is 5. The Kier molecular flexibility index (Phi) is 4.80. The Morgan fingerprint density at radius 2 is 2.05 bits per heavy atom. The van der Waals surface area contributed by atoms with Gasteiger partial charge < -0.3 is 10.4 Å². The molecule has 1 atom stereocenters. The van der Waals surface area contributed by atoms with Crippen LogP contribution < -0.4 is 5.32 Å². The van der Waals surface area contributed by atoms with Crippen LogP contribution in [0.2, 0.25) is 0 Å². The van der Waals surface area contributed by atoms with Crippen molar-refractivity contribution in [3.05, 3.63) is 62.6 Å². The maximum atomic E-state index is 11.1. The first-order valence-electron chi connectivity index (χ1n) is 6.51. The van der Waals surface area contributed by atoms with Crippen LogP contribution in [0.5, 0.6) is 5.75 Å². The molecule has 0 saturated heterocycles. The fourth-order valence-corrected chi connectivity index (χ4v) is 2.53. The van der Waals surface area contributed by atoms with Gasteiger partial charge in [-0.2, -0.15) is 0 Å². The van der Waals surface area contributed by atoms with Gasteiger partial charge in [0.1, 0.15) is 11.4 Å². The Bertz CT molecular complexity index is 661. The van der Waals surface area contributed by atoms with Gasteiger partial charge in [0.15, 0.2) is 0 Å². The second-order valence-electron chi connectivity index (χ2n) is 4.58. The fourth-order valence-electron chi connectivity index (χ4n) is 2.15. The van der Waals surface area contributed by atoms with Gasteiger partial charge in [0.2, 0.25) is 0 Å². The lowest BCUT2D eigenvalue weighted by Gasteiger charge is -2.20. The Labute approximate surface area is 130 Å². The number of nitrogens with zero attached hydrogens (tertiary/aromatic N) is 1. The Hall–Kier alpha value is -2.08. The summed E-state index contributed by atoms with van der Waals surface area (Å²) in [6.07, 6.45) is 0.677. The summed E-state index contributed by atoms with van der Waals surface area (Å²) in [5.41, 5.74) is 1.16. The number of aromatic hydroxyl groups is 1. The third-order valence-corrected chi connectivity index (χ3v) is 3.70. The zero-order valence-electron chi connectivity index (χ0n) is 11.4. The number of nitro groups is 1. The van der Waals surface area contributed by atoms with Gasteiger partial charge in [-0.15, -0.1) is 0 Å². The highest BCUT2D eigenvalue weighted by Gasteiger charge is 2.19. The van der Waals surface area contributed by atoms with E-state index >= 15 is 0 Å². The molecule has 0 amide bonds. The Morgan fingerprint density at radius 1 is 1.33 bits per heavy atom. The van der Waals surface area contributed by atoms with E-state index in [2.05, 4.69) is 21.2 Å². The quantitative estimate of drug-likeness (QED) is 0.609. The topological polar surface area (TPSA) is 75.4 Å². The predicted molar refractivity (Wildman–Crippen MR) is 85.6 cm³/mol. The van der Waals surface area contributed by atoms with Crippen LogP contribution in [0, 0.1) is 10.1 Å². The number of para-hydroxylation sites is 2. The highest BCUT2D eigenvalue weighted by atomic mass is 79.9. The van der Waals surface area contributed by atoms with Gasteiger partial charge in [0, 0.05) is 16.1 Å². The zero-order chi connectivity index (χ0) is 15.4. The van der Waals surface area contributed by atoms with Gasteiger partial charge in [0.05, 0.1) is 11.0 Å². The van der Waals surface area contributed by atoms with Crippen molar-refractivity contribution in [1.29, 1.82) is 0 Å². The molecule has 0 spiro atoms. The van der Waals surface area contributed by atoms with E-state index in [0.717, 1.165) is 4.47 Å². The molecule has 0 bridgehead atoms. The van der Waals surface area contributed by atoms with Gasteiger partial charge in [-0.05, 0) is 30.7 Å². The molecule has 2 aromatic rings. The third kappa shape index (κ3) is 3.52. The first-order valence-corrected chi connectivity index (χ1v) is 7.30. The summed E-state index contributed by atoms with van der Waals surface area (Å²) < 4.78 is 0.845. The molecule has 1 unspecified atom stereocenters. The molecule has 0 heterocycles. The normalized spacial score (nSPS) is 11.9. The standard InChI is InChI=1S/C15H15BrN2O3/c1-2-12(11-9-10(16)7-8-15(11)19)17-13-5-3-4-6-14(13)18(20)21/h3-9,12,17,19H,2H2,1H3. The van der Waals surface area contributed by atoms with Crippen molar-refractivity contribution in [3.63, 3.8) is 0 Å². The van der Waals surface area contributed by atoms with E-state index in [9.17, 15) is 15.2 Å². The van der Waals surface area contributed by atoms with Gasteiger partial charge in [-0.25, -0.2) is 0 Å². The molecule has 0 aromatic heterocycles. The number of nitro benzene ring substituents is 1. The maximum absolute atomic E-state index is 11.1. The number of hydrogen-bond acceptors (Lipinski definition) is 4. The van der Waals surface area contributed by atoms with E-state index in [4.69, 9.17) is 0 Å². The Balaban J connectivity index is 2.36. The highest BCUT2D eigenvalue weighted by Crippen LogP contribution is 2.34. The van der Waals surface area contributed by atoms with E-state index in [-0.39, 0.29) is 17.5 Å². The molecule has 6 heteroatoms. The number of hydrogen-bond donors (Lipinski definition) is 2. The lowest BCUT2D eigenvalue weighted by Crippen LogP contribution is -2.11. The lowest BCUT2D eigenvalue weighted by molar-refractivity contribution is -0.384. The number of anilines is 1. The van der Waals surface area contributed by atoms with Gasteiger partial charge >= 0.3 is 0 Å². The second-order valence-corrected chi connectivity index (χ2v) is 5.50. The molecule has 2 rings (SSSR count). The molecule has 0 radical (unpaired) electrons. The summed E-state index contributed by atoms with van der Waals surface area (Å²) in [4.78, 5) is 10.6. The summed E-state index contributed by atoms with van der Waals surface area (Å²) in [5, 5.41) is 24.2. The fraction of sp³-hybridized carbons (Fsp3) is 0.200. The lowest BCUT2D eigenvalue weighted by atomic mass is 10.0. The summed E-state index contributed by atoms with van der Waals surface area (Å²) in [6.45, 7) is 1.95. The zero-order valence-corrected chi connectivity index (χ0v) is 13.0. The van der Waals surface area contributed by atoms with Crippen LogP contribution in [0.3, 0.4) is 0 Å². The van der Waals surface area contributed by atoms with Crippen LogP contribution >= 0.6 is 15.9 Å². The minimum Gasteiger partial charge on any atom is -0.508 e. The number of phenolic OH excluding ortho intramolecular Hbond substituents is 1. The average Bonchev–Trinajstić information content (AvgIpc) is 2.47. The first-order chi connectivity index (χ1) is 10.0. The summed E-state index contributed by atoms with van der Waals surface area (Å²) >= 11 is 3.37. The third-order valence-electron chi connectivity index (χ3n) is 3.20. The SMILES string of the molecule is CCC(Nc1ccccc1[N+](=O)[O-])c1cc(Br)ccc1O. The van der Waals surface area contributed by atoms with E-state index in [0.29, 0.717) is 17.7 Å². The van der Waals surface area contributed by atoms with Gasteiger partial charge in [-0.1, -0.05) is 35.0 Å². The van der Waals surface area contributed by atoms with E-state index in [1.54, 1.807) is 30.3 Å². The van der Waals surface area contributed by atoms with Crippen LogP contribution in [-0.2, 0) is 0 Å². The molecular formula is C15H15BrN2O3. The minimum absolute atomic E-state index is 0.0189. The van der Waals surface area contributed by atoms with Crippen molar-refractivity contribution in [2.24, 2.45) is 0 Å². The van der Waals surface area contributed by atoms with Crippen molar-refractivity contribution in [2.75, 3.05) is 5.32 Å². The molecule has 0 aliphatic heterocycles. The highest BCUT2D eigenvalue weighted by molar-refractivity contribution is 9.10. The Morgan fingerprint density at radius 3 is 2.71 bits per heavy atom. The smallest absolute Gasteiger partial charge is 0.292 e. The molecule has 110 valence electrons. The largest absolute Gasteiger partial charge is 0.508 e. The van der Waals surface area contributed by atoms with Crippen molar-refractivity contribution < 1.29 is 10.0 Å². The number of nitrogens with one attached hydrogen (secondary N) is 1. The summed E-state index contributed by atoms with van der Waals surface area (Å²) in [6, 6.07) is 11.4. The summed E-state index contributed by atoms with van der Waals surface area (Å²) in [7, 11) is 0. The van der Waals surface area contributed by atoms with Crippen molar-refractivity contribution in [2.45, 2.75) is 19.4 Å². The number of halogens is 1. The molecule has 21 heavy (non-hydrogen) atoms. The van der Waals surface area contributed by atoms with Crippen LogP contribution in [0.4, 0.5) is 11.4 Å². The molecule has 2 N–H and O–H groups in total. The van der Waals surface area contributed by atoms with E-state index in [1.807, 2.05) is 13.0 Å². The molecule has 0 aliphatic rings. The minimum atomic E-state index is -0.421. The van der Waals surface area contributed by atoms with Crippen molar-refractivity contribution in [1.82, 2.24) is 0 Å². The van der Waals surface area contributed by atoms with Crippen LogP contribution in [-0.4, -0.2) is 10.0 Å². The monoisotopic (exact) mass is 350 g/mol. The first kappa shape index (κ1) is 15.3. The van der Waals surface area contributed by atoms with Crippen LogP contribution in [0.1, 0.15) is 24.9 Å². The summed E-state index contributed by atoms with van der Waals surface area (Å²) in [5.74, 6) is 0.163. The molecular weight excluding hydrogens is 336 g/mol. The number of benzene rings is 2. The second kappa shape index (κ2) is 6.58. The van der Waals surface area contributed by atoms with E-state index < -0.39 is 4.92 Å². The van der Waals surface area contributed by atoms with Gasteiger partial charge in [0.25, 0.3) is 5.69 Å².